The van der Waals surface area contributed by atoms with Crippen LogP contribution in [0.3, 0.4) is 0 Å². The molecular weight excluding hydrogens is 168 g/mol. The van der Waals surface area contributed by atoms with E-state index in [1.807, 2.05) is 20.8 Å². The van der Waals surface area contributed by atoms with Crippen LogP contribution in [0, 0.1) is 0 Å². The molecule has 1 rings (SSSR count). The summed E-state index contributed by atoms with van der Waals surface area (Å²) >= 11 is 0. The SMILES string of the molecule is CC(C)(C)OC(=O)C1=CCCN1N. The fourth-order valence-corrected chi connectivity index (χ4v) is 1.11. The molecule has 4 heteroatoms. The number of ether oxygens (including phenoxy) is 1. The Morgan fingerprint density at radius 1 is 1.62 bits per heavy atom. The molecule has 1 aliphatic rings. The fourth-order valence-electron chi connectivity index (χ4n) is 1.11. The quantitative estimate of drug-likeness (QED) is 0.483. The Kier molecular flexibility index (Phi) is 2.61. The van der Waals surface area contributed by atoms with Crippen LogP contribution in [0.15, 0.2) is 11.8 Å². The average Bonchev–Trinajstić information content (AvgIpc) is 2.30. The minimum Gasteiger partial charge on any atom is -0.455 e. The Balaban J connectivity index is 2.58. The largest absolute Gasteiger partial charge is 0.455 e. The highest BCUT2D eigenvalue weighted by Gasteiger charge is 2.24. The lowest BCUT2D eigenvalue weighted by Gasteiger charge is -2.22. The van der Waals surface area contributed by atoms with Crippen LogP contribution >= 0.6 is 0 Å². The maximum Gasteiger partial charge on any atom is 0.356 e. The topological polar surface area (TPSA) is 55.6 Å². The lowest BCUT2D eigenvalue weighted by molar-refractivity contribution is -0.151. The van der Waals surface area contributed by atoms with Gasteiger partial charge in [-0.15, -0.1) is 0 Å². The van der Waals surface area contributed by atoms with Gasteiger partial charge in [0.05, 0.1) is 0 Å². The maximum atomic E-state index is 11.5. The molecule has 0 spiro atoms. The molecule has 2 N–H and O–H groups in total. The van der Waals surface area contributed by atoms with Gasteiger partial charge in [-0.05, 0) is 27.2 Å². The van der Waals surface area contributed by atoms with Gasteiger partial charge in [0.2, 0.25) is 0 Å². The van der Waals surface area contributed by atoms with Gasteiger partial charge in [0.15, 0.2) is 0 Å². The Labute approximate surface area is 78.3 Å². The summed E-state index contributed by atoms with van der Waals surface area (Å²) in [6.07, 6.45) is 2.61. The van der Waals surface area contributed by atoms with Gasteiger partial charge in [-0.2, -0.15) is 0 Å². The number of hydrazine groups is 1. The molecule has 13 heavy (non-hydrogen) atoms. The number of rotatable bonds is 1. The van der Waals surface area contributed by atoms with Crippen molar-refractivity contribution >= 4 is 5.97 Å². The predicted octanol–water partition coefficient (Wildman–Crippen LogP) is 0.791. The first kappa shape index (κ1) is 10.1. The molecule has 0 unspecified atom stereocenters. The third-order valence-corrected chi connectivity index (χ3v) is 1.63. The summed E-state index contributed by atoms with van der Waals surface area (Å²) < 4.78 is 5.16. The van der Waals surface area contributed by atoms with Crippen LogP contribution in [0.25, 0.3) is 0 Å². The van der Waals surface area contributed by atoms with Crippen LogP contribution in [-0.2, 0) is 9.53 Å². The Hall–Kier alpha value is -1.03. The van der Waals surface area contributed by atoms with Gasteiger partial charge in [0.25, 0.3) is 0 Å². The van der Waals surface area contributed by atoms with E-state index in [1.54, 1.807) is 6.08 Å². The van der Waals surface area contributed by atoms with E-state index in [0.29, 0.717) is 12.2 Å². The van der Waals surface area contributed by atoms with Crippen molar-refractivity contribution in [1.29, 1.82) is 0 Å². The van der Waals surface area contributed by atoms with Crippen molar-refractivity contribution in [3.8, 4) is 0 Å². The zero-order chi connectivity index (χ0) is 10.1. The number of hydrogen-bond acceptors (Lipinski definition) is 4. The van der Waals surface area contributed by atoms with E-state index in [2.05, 4.69) is 0 Å². The Morgan fingerprint density at radius 2 is 2.23 bits per heavy atom. The van der Waals surface area contributed by atoms with Gasteiger partial charge in [-0.1, -0.05) is 6.08 Å². The lowest BCUT2D eigenvalue weighted by atomic mass is 10.2. The molecule has 0 atom stereocenters. The Morgan fingerprint density at radius 3 is 2.62 bits per heavy atom. The second kappa shape index (κ2) is 3.38. The van der Waals surface area contributed by atoms with E-state index in [4.69, 9.17) is 10.6 Å². The van der Waals surface area contributed by atoms with Crippen LogP contribution < -0.4 is 5.84 Å². The average molecular weight is 184 g/mol. The fraction of sp³-hybridized carbons (Fsp3) is 0.667. The second-order valence-electron chi connectivity index (χ2n) is 4.07. The lowest BCUT2D eigenvalue weighted by Crippen LogP contribution is -2.34. The number of esters is 1. The third-order valence-electron chi connectivity index (χ3n) is 1.63. The van der Waals surface area contributed by atoms with Gasteiger partial charge in [-0.25, -0.2) is 10.6 Å². The van der Waals surface area contributed by atoms with Crippen LogP contribution in [0.4, 0.5) is 0 Å². The van der Waals surface area contributed by atoms with Crippen molar-refractivity contribution in [1.82, 2.24) is 5.01 Å². The molecule has 0 radical (unpaired) electrons. The number of carbonyl (C=O) groups excluding carboxylic acids is 1. The van der Waals surface area contributed by atoms with Gasteiger partial charge < -0.3 is 9.75 Å². The van der Waals surface area contributed by atoms with Gasteiger partial charge in [0.1, 0.15) is 11.3 Å². The van der Waals surface area contributed by atoms with Gasteiger partial charge in [-0.3, -0.25) is 0 Å². The van der Waals surface area contributed by atoms with E-state index in [1.165, 1.54) is 5.01 Å². The first-order valence-corrected chi connectivity index (χ1v) is 4.36. The standard InChI is InChI=1S/C9H16N2O2/c1-9(2,3)13-8(12)7-5-4-6-11(7)10/h5H,4,6,10H2,1-3H3. The molecule has 1 aliphatic heterocycles. The van der Waals surface area contributed by atoms with Crippen molar-refractivity contribution < 1.29 is 9.53 Å². The molecule has 0 fully saturated rings. The van der Waals surface area contributed by atoms with E-state index >= 15 is 0 Å². The van der Waals surface area contributed by atoms with Crippen molar-refractivity contribution in [2.24, 2.45) is 5.84 Å². The summed E-state index contributed by atoms with van der Waals surface area (Å²) in [7, 11) is 0. The first-order chi connectivity index (χ1) is 5.90. The number of hydrogen-bond donors (Lipinski definition) is 1. The van der Waals surface area contributed by atoms with E-state index < -0.39 is 5.60 Å². The highest BCUT2D eigenvalue weighted by molar-refractivity contribution is 5.88. The van der Waals surface area contributed by atoms with Gasteiger partial charge in [0, 0.05) is 6.54 Å². The molecular formula is C9H16N2O2. The van der Waals surface area contributed by atoms with Crippen LogP contribution in [-0.4, -0.2) is 23.1 Å². The summed E-state index contributed by atoms with van der Waals surface area (Å²) in [5, 5.41) is 1.42. The summed E-state index contributed by atoms with van der Waals surface area (Å²) in [4.78, 5) is 11.5. The smallest absolute Gasteiger partial charge is 0.356 e. The van der Waals surface area contributed by atoms with Crippen LogP contribution in [0.5, 0.6) is 0 Å². The van der Waals surface area contributed by atoms with Crippen molar-refractivity contribution in [2.45, 2.75) is 32.8 Å². The van der Waals surface area contributed by atoms with E-state index in [0.717, 1.165) is 6.42 Å². The number of nitrogens with zero attached hydrogens (tertiary/aromatic N) is 1. The van der Waals surface area contributed by atoms with E-state index in [-0.39, 0.29) is 5.97 Å². The molecule has 0 amide bonds. The van der Waals surface area contributed by atoms with Crippen LogP contribution in [0.1, 0.15) is 27.2 Å². The van der Waals surface area contributed by atoms with Crippen molar-refractivity contribution in [3.63, 3.8) is 0 Å². The second-order valence-corrected chi connectivity index (χ2v) is 4.07. The molecule has 4 nitrogen and oxygen atoms in total. The number of nitrogens with two attached hydrogens (primary N) is 1. The minimum atomic E-state index is -0.457. The number of carbonyl (C=O) groups is 1. The van der Waals surface area contributed by atoms with Crippen molar-refractivity contribution in [3.05, 3.63) is 11.8 Å². The molecule has 0 bridgehead atoms. The molecule has 0 aromatic rings. The molecule has 0 saturated carbocycles. The third kappa shape index (κ3) is 2.73. The van der Waals surface area contributed by atoms with Crippen LogP contribution in [0.2, 0.25) is 0 Å². The summed E-state index contributed by atoms with van der Waals surface area (Å²) in [6, 6.07) is 0. The summed E-state index contributed by atoms with van der Waals surface area (Å²) in [5.41, 5.74) is 0.0105. The molecule has 1 heterocycles. The van der Waals surface area contributed by atoms with E-state index in [9.17, 15) is 4.79 Å². The molecule has 0 aliphatic carbocycles. The van der Waals surface area contributed by atoms with Gasteiger partial charge >= 0.3 is 5.97 Å². The molecule has 0 aromatic carbocycles. The zero-order valence-electron chi connectivity index (χ0n) is 8.33. The monoisotopic (exact) mass is 184 g/mol. The van der Waals surface area contributed by atoms with Crippen molar-refractivity contribution in [2.75, 3.05) is 6.54 Å². The highest BCUT2D eigenvalue weighted by Crippen LogP contribution is 2.16. The summed E-state index contributed by atoms with van der Waals surface area (Å²) in [6.45, 7) is 6.19. The normalized spacial score (nSPS) is 17.2. The molecule has 0 aromatic heterocycles. The minimum absolute atomic E-state index is 0.340. The Bertz CT molecular complexity index is 240. The maximum absolute atomic E-state index is 11.5. The zero-order valence-corrected chi connectivity index (χ0v) is 8.33. The highest BCUT2D eigenvalue weighted by atomic mass is 16.6. The first-order valence-electron chi connectivity index (χ1n) is 4.36. The molecule has 0 saturated heterocycles. The predicted molar refractivity (Wildman–Crippen MR) is 49.4 cm³/mol. The summed E-state index contributed by atoms with van der Waals surface area (Å²) in [5.74, 6) is 5.22. The molecule has 74 valence electrons.